The molecule has 0 aliphatic heterocycles. The summed E-state index contributed by atoms with van der Waals surface area (Å²) >= 11 is 0. The summed E-state index contributed by atoms with van der Waals surface area (Å²) in [6.07, 6.45) is 3.80. The van der Waals surface area contributed by atoms with Crippen LogP contribution in [0.25, 0.3) is 11.0 Å². The second kappa shape index (κ2) is 4.15. The Labute approximate surface area is 99.8 Å². The summed E-state index contributed by atoms with van der Waals surface area (Å²) in [5.41, 5.74) is 0.765. The second-order valence-corrected chi connectivity index (χ2v) is 4.79. The Morgan fingerprint density at radius 1 is 1.35 bits per heavy atom. The molecule has 1 fully saturated rings. The number of rotatable bonds is 3. The van der Waals surface area contributed by atoms with Crippen LogP contribution in [-0.4, -0.2) is 7.05 Å². The minimum atomic E-state index is -0.213. The van der Waals surface area contributed by atoms with Crippen molar-refractivity contribution in [2.45, 2.75) is 25.3 Å². The average molecular weight is 233 g/mol. The molecule has 1 aliphatic carbocycles. The highest BCUT2D eigenvalue weighted by Crippen LogP contribution is 2.39. The molecule has 2 aromatic rings. The first-order valence-electron chi connectivity index (χ1n) is 6.14. The summed E-state index contributed by atoms with van der Waals surface area (Å²) in [5.74, 6) is 1.37. The zero-order chi connectivity index (χ0) is 11.8. The van der Waals surface area contributed by atoms with E-state index in [1.807, 2.05) is 13.1 Å². The molecule has 1 aliphatic rings. The zero-order valence-corrected chi connectivity index (χ0v) is 9.87. The van der Waals surface area contributed by atoms with Gasteiger partial charge in [-0.1, -0.05) is 6.42 Å². The molecular formula is C14H16FNO. The number of hydrogen-bond acceptors (Lipinski definition) is 2. The Morgan fingerprint density at radius 3 is 2.82 bits per heavy atom. The number of fused-ring (bicyclic) bond motifs is 1. The smallest absolute Gasteiger partial charge is 0.134 e. The molecule has 1 saturated carbocycles. The number of hydrogen-bond donors (Lipinski definition) is 1. The Bertz CT molecular complexity index is 530. The first-order chi connectivity index (χ1) is 8.28. The van der Waals surface area contributed by atoms with Gasteiger partial charge in [-0.25, -0.2) is 4.39 Å². The van der Waals surface area contributed by atoms with Gasteiger partial charge in [-0.05, 0) is 50.1 Å². The van der Waals surface area contributed by atoms with Gasteiger partial charge in [0.25, 0.3) is 0 Å². The maximum Gasteiger partial charge on any atom is 0.134 e. The highest BCUT2D eigenvalue weighted by atomic mass is 19.1. The highest BCUT2D eigenvalue weighted by Gasteiger charge is 2.29. The van der Waals surface area contributed by atoms with Gasteiger partial charge in [-0.3, -0.25) is 0 Å². The van der Waals surface area contributed by atoms with Crippen LogP contribution in [0.5, 0.6) is 0 Å². The van der Waals surface area contributed by atoms with Crippen molar-refractivity contribution in [2.24, 2.45) is 5.92 Å². The molecule has 1 N–H and O–H groups in total. The quantitative estimate of drug-likeness (QED) is 0.875. The van der Waals surface area contributed by atoms with Crippen molar-refractivity contribution in [2.75, 3.05) is 7.05 Å². The predicted molar refractivity (Wildman–Crippen MR) is 65.3 cm³/mol. The van der Waals surface area contributed by atoms with Crippen LogP contribution in [0, 0.1) is 11.7 Å². The monoisotopic (exact) mass is 233 g/mol. The molecule has 3 rings (SSSR count). The van der Waals surface area contributed by atoms with Crippen LogP contribution in [0.15, 0.2) is 28.7 Å². The topological polar surface area (TPSA) is 25.2 Å². The van der Waals surface area contributed by atoms with Crippen molar-refractivity contribution in [3.05, 3.63) is 35.8 Å². The van der Waals surface area contributed by atoms with E-state index >= 15 is 0 Å². The molecule has 0 spiro atoms. The minimum Gasteiger partial charge on any atom is -0.459 e. The lowest BCUT2D eigenvalue weighted by molar-refractivity contribution is 0.218. The first-order valence-corrected chi connectivity index (χ1v) is 6.14. The van der Waals surface area contributed by atoms with E-state index < -0.39 is 0 Å². The number of halogens is 1. The maximum absolute atomic E-state index is 13.1. The Morgan fingerprint density at radius 2 is 2.18 bits per heavy atom. The van der Waals surface area contributed by atoms with E-state index in [4.69, 9.17) is 4.42 Å². The van der Waals surface area contributed by atoms with E-state index in [0.717, 1.165) is 16.7 Å². The van der Waals surface area contributed by atoms with Crippen LogP contribution in [0.3, 0.4) is 0 Å². The molecule has 1 aromatic carbocycles. The van der Waals surface area contributed by atoms with Gasteiger partial charge in [0.1, 0.15) is 17.2 Å². The van der Waals surface area contributed by atoms with Crippen LogP contribution in [0.1, 0.15) is 31.1 Å². The molecule has 1 atom stereocenters. The van der Waals surface area contributed by atoms with E-state index in [1.54, 1.807) is 6.07 Å². The molecular weight excluding hydrogens is 217 g/mol. The average Bonchev–Trinajstić information content (AvgIpc) is 2.65. The third-order valence-corrected chi connectivity index (χ3v) is 3.74. The molecule has 90 valence electrons. The van der Waals surface area contributed by atoms with Gasteiger partial charge in [0.05, 0.1) is 6.04 Å². The SMILES string of the molecule is CNC(c1cc2cc(F)ccc2o1)C1CCC1. The highest BCUT2D eigenvalue weighted by molar-refractivity contribution is 5.78. The van der Waals surface area contributed by atoms with Crippen molar-refractivity contribution >= 4 is 11.0 Å². The second-order valence-electron chi connectivity index (χ2n) is 4.79. The van der Waals surface area contributed by atoms with E-state index in [9.17, 15) is 4.39 Å². The molecule has 0 saturated heterocycles. The summed E-state index contributed by atoms with van der Waals surface area (Å²) in [6.45, 7) is 0. The maximum atomic E-state index is 13.1. The largest absolute Gasteiger partial charge is 0.459 e. The molecule has 1 aromatic heterocycles. The van der Waals surface area contributed by atoms with E-state index in [0.29, 0.717) is 5.92 Å². The standard InChI is InChI=1S/C14H16FNO/c1-16-14(9-3-2-4-9)13-8-10-7-11(15)5-6-12(10)17-13/h5-9,14,16H,2-4H2,1H3. The summed E-state index contributed by atoms with van der Waals surface area (Å²) < 4.78 is 18.9. The lowest BCUT2D eigenvalue weighted by Gasteiger charge is -2.32. The van der Waals surface area contributed by atoms with Crippen LogP contribution in [-0.2, 0) is 0 Å². The fourth-order valence-corrected chi connectivity index (χ4v) is 2.57. The number of nitrogens with one attached hydrogen (secondary N) is 1. The summed E-state index contributed by atoms with van der Waals surface area (Å²) in [5, 5.41) is 4.16. The van der Waals surface area contributed by atoms with Gasteiger partial charge in [0.2, 0.25) is 0 Å². The Kier molecular flexibility index (Phi) is 2.63. The normalized spacial score (nSPS) is 18.2. The molecule has 0 amide bonds. The number of furan rings is 1. The van der Waals surface area contributed by atoms with Crippen molar-refractivity contribution in [1.29, 1.82) is 0 Å². The third kappa shape index (κ3) is 1.84. The van der Waals surface area contributed by atoms with Gasteiger partial charge >= 0.3 is 0 Å². The first kappa shape index (κ1) is 10.8. The van der Waals surface area contributed by atoms with Crippen LogP contribution >= 0.6 is 0 Å². The molecule has 0 bridgehead atoms. The molecule has 0 radical (unpaired) electrons. The van der Waals surface area contributed by atoms with Crippen LogP contribution in [0.2, 0.25) is 0 Å². The van der Waals surface area contributed by atoms with Gasteiger partial charge in [0, 0.05) is 5.39 Å². The fraction of sp³-hybridized carbons (Fsp3) is 0.429. The summed E-state index contributed by atoms with van der Waals surface area (Å²) in [6, 6.07) is 6.88. The van der Waals surface area contributed by atoms with Crippen LogP contribution < -0.4 is 5.32 Å². The Hall–Kier alpha value is -1.35. The lowest BCUT2D eigenvalue weighted by Crippen LogP contribution is -2.29. The van der Waals surface area contributed by atoms with Gasteiger partial charge in [-0.15, -0.1) is 0 Å². The lowest BCUT2D eigenvalue weighted by atomic mass is 9.79. The molecule has 1 unspecified atom stereocenters. The molecule has 3 heteroatoms. The predicted octanol–water partition coefficient (Wildman–Crippen LogP) is 3.63. The molecule has 1 heterocycles. The van der Waals surface area contributed by atoms with Crippen molar-refractivity contribution in [3.8, 4) is 0 Å². The molecule has 17 heavy (non-hydrogen) atoms. The molecule has 2 nitrogen and oxygen atoms in total. The van der Waals surface area contributed by atoms with E-state index in [1.165, 1.54) is 31.4 Å². The van der Waals surface area contributed by atoms with Gasteiger partial charge in [-0.2, -0.15) is 0 Å². The fourth-order valence-electron chi connectivity index (χ4n) is 2.57. The van der Waals surface area contributed by atoms with Crippen molar-refractivity contribution in [1.82, 2.24) is 5.32 Å². The summed E-state index contributed by atoms with van der Waals surface area (Å²) in [4.78, 5) is 0. The zero-order valence-electron chi connectivity index (χ0n) is 9.87. The van der Waals surface area contributed by atoms with Gasteiger partial charge in [0.15, 0.2) is 0 Å². The summed E-state index contributed by atoms with van der Waals surface area (Å²) in [7, 11) is 1.96. The van der Waals surface area contributed by atoms with Crippen LogP contribution in [0.4, 0.5) is 4.39 Å². The van der Waals surface area contributed by atoms with Gasteiger partial charge < -0.3 is 9.73 Å². The van der Waals surface area contributed by atoms with E-state index in [2.05, 4.69) is 5.32 Å². The van der Waals surface area contributed by atoms with Crippen molar-refractivity contribution < 1.29 is 8.81 Å². The minimum absolute atomic E-state index is 0.213. The van der Waals surface area contributed by atoms with Crippen molar-refractivity contribution in [3.63, 3.8) is 0 Å². The third-order valence-electron chi connectivity index (χ3n) is 3.74. The Balaban J connectivity index is 1.98. The van der Waals surface area contributed by atoms with E-state index in [-0.39, 0.29) is 11.9 Å². The number of benzene rings is 1.